The highest BCUT2D eigenvalue weighted by molar-refractivity contribution is 7.89. The molecule has 7 heteroatoms. The molecule has 23 heavy (non-hydrogen) atoms. The summed E-state index contributed by atoms with van der Waals surface area (Å²) in [5.74, 6) is 0.718. The van der Waals surface area contributed by atoms with Gasteiger partial charge >= 0.3 is 0 Å². The van der Waals surface area contributed by atoms with Crippen molar-refractivity contribution in [1.29, 1.82) is 0 Å². The molecule has 0 radical (unpaired) electrons. The molecule has 0 unspecified atom stereocenters. The van der Waals surface area contributed by atoms with Crippen molar-refractivity contribution in [2.24, 2.45) is 7.05 Å². The van der Waals surface area contributed by atoms with Crippen molar-refractivity contribution in [2.75, 3.05) is 6.61 Å². The highest BCUT2D eigenvalue weighted by Gasteiger charge is 2.25. The summed E-state index contributed by atoms with van der Waals surface area (Å²) in [6.45, 7) is 7.45. The normalized spacial score (nSPS) is 13.1. The molecule has 0 aliphatic heterocycles. The molecule has 0 spiro atoms. The summed E-state index contributed by atoms with van der Waals surface area (Å²) in [7, 11) is -1.90. The van der Waals surface area contributed by atoms with Gasteiger partial charge in [0.15, 0.2) is 0 Å². The van der Waals surface area contributed by atoms with Crippen LogP contribution < -0.4 is 9.46 Å². The van der Waals surface area contributed by atoms with Gasteiger partial charge in [-0.15, -0.1) is 0 Å². The minimum Gasteiger partial charge on any atom is -0.492 e. The Kier molecular flexibility index (Phi) is 5.11. The van der Waals surface area contributed by atoms with E-state index in [1.165, 1.54) is 0 Å². The minimum atomic E-state index is -3.62. The van der Waals surface area contributed by atoms with Crippen molar-refractivity contribution < 1.29 is 13.2 Å². The second-order valence-corrected chi connectivity index (χ2v) is 7.42. The van der Waals surface area contributed by atoms with E-state index in [-0.39, 0.29) is 17.5 Å². The van der Waals surface area contributed by atoms with Crippen LogP contribution in [0.3, 0.4) is 0 Å². The van der Waals surface area contributed by atoms with Crippen LogP contribution in [0.2, 0.25) is 0 Å². The molecule has 6 nitrogen and oxygen atoms in total. The lowest BCUT2D eigenvalue weighted by Gasteiger charge is -2.15. The van der Waals surface area contributed by atoms with Crippen LogP contribution >= 0.6 is 0 Å². The highest BCUT2D eigenvalue weighted by Crippen LogP contribution is 2.19. The van der Waals surface area contributed by atoms with E-state index in [9.17, 15) is 8.42 Å². The molecule has 1 aromatic heterocycles. The Bertz CT molecular complexity index is 780. The number of aromatic nitrogens is 2. The van der Waals surface area contributed by atoms with Crippen molar-refractivity contribution in [3.63, 3.8) is 0 Å². The Hall–Kier alpha value is -1.86. The lowest BCUT2D eigenvalue weighted by molar-refractivity contribution is 0.287. The number of rotatable bonds is 6. The van der Waals surface area contributed by atoms with E-state index in [2.05, 4.69) is 9.82 Å². The first kappa shape index (κ1) is 17.5. The van der Waals surface area contributed by atoms with Crippen molar-refractivity contribution in [3.05, 3.63) is 41.2 Å². The maximum atomic E-state index is 12.5. The fourth-order valence-electron chi connectivity index (χ4n) is 2.36. The molecule has 0 saturated heterocycles. The molecule has 0 saturated carbocycles. The molecule has 126 valence electrons. The Morgan fingerprint density at radius 1 is 1.22 bits per heavy atom. The summed E-state index contributed by atoms with van der Waals surface area (Å²) in [4.78, 5) is 0.238. The van der Waals surface area contributed by atoms with Crippen molar-refractivity contribution in [2.45, 2.75) is 38.6 Å². The van der Waals surface area contributed by atoms with Crippen molar-refractivity contribution in [1.82, 2.24) is 14.5 Å². The van der Waals surface area contributed by atoms with Crippen molar-refractivity contribution >= 4 is 10.0 Å². The van der Waals surface area contributed by atoms with Crippen LogP contribution in [-0.2, 0) is 17.1 Å². The second kappa shape index (κ2) is 6.72. The average molecular weight is 337 g/mol. The Morgan fingerprint density at radius 3 is 2.35 bits per heavy atom. The van der Waals surface area contributed by atoms with Gasteiger partial charge in [0.25, 0.3) is 0 Å². The number of hydrogen-bond acceptors (Lipinski definition) is 4. The van der Waals surface area contributed by atoms with Crippen LogP contribution in [0.4, 0.5) is 0 Å². The summed E-state index contributed by atoms with van der Waals surface area (Å²) in [5.41, 5.74) is 2.25. The number of nitrogens with zero attached hydrogens (tertiary/aromatic N) is 2. The van der Waals surface area contributed by atoms with E-state index >= 15 is 0 Å². The first-order valence-electron chi connectivity index (χ1n) is 7.42. The van der Waals surface area contributed by atoms with E-state index in [0.29, 0.717) is 11.4 Å². The third kappa shape index (κ3) is 4.11. The monoisotopic (exact) mass is 337 g/mol. The summed E-state index contributed by atoms with van der Waals surface area (Å²) < 4.78 is 34.9. The maximum Gasteiger partial charge on any atom is 0.244 e. The van der Waals surface area contributed by atoms with Crippen LogP contribution in [-0.4, -0.2) is 30.8 Å². The van der Waals surface area contributed by atoms with E-state index in [0.717, 1.165) is 11.3 Å². The molecule has 1 aromatic carbocycles. The number of ether oxygens (including phenoxy) is 1. The lowest BCUT2D eigenvalue weighted by Crippen LogP contribution is -2.37. The van der Waals surface area contributed by atoms with Crippen LogP contribution in [0, 0.1) is 20.8 Å². The molecule has 1 atom stereocenters. The molecule has 0 aliphatic carbocycles. The molecule has 0 bridgehead atoms. The topological polar surface area (TPSA) is 73.2 Å². The van der Waals surface area contributed by atoms with Crippen LogP contribution in [0.5, 0.6) is 5.75 Å². The predicted molar refractivity (Wildman–Crippen MR) is 89.1 cm³/mol. The summed E-state index contributed by atoms with van der Waals surface area (Å²) in [5, 5.41) is 4.15. The lowest BCUT2D eigenvalue weighted by atomic mass is 10.2. The standard InChI is InChI=1S/C16H23N3O3S/c1-11-6-8-15(9-7-11)22-10-12(2)18-23(20,21)16-13(3)17-19(5)14(16)4/h6-9,12,18H,10H2,1-5H3/t12-/m1/s1. The SMILES string of the molecule is Cc1ccc(OC[C@@H](C)NS(=O)(=O)c2c(C)nn(C)c2C)cc1. The smallest absolute Gasteiger partial charge is 0.244 e. The number of benzene rings is 1. The quantitative estimate of drug-likeness (QED) is 0.876. The molecular formula is C16H23N3O3S. The van der Waals surface area contributed by atoms with Gasteiger partial charge in [-0.3, -0.25) is 4.68 Å². The maximum absolute atomic E-state index is 12.5. The van der Waals surface area contributed by atoms with Gasteiger partial charge in [-0.05, 0) is 39.8 Å². The first-order valence-corrected chi connectivity index (χ1v) is 8.91. The third-order valence-electron chi connectivity index (χ3n) is 3.59. The van der Waals surface area contributed by atoms with Crippen LogP contribution in [0.1, 0.15) is 23.9 Å². The van der Waals surface area contributed by atoms with Crippen LogP contribution in [0.15, 0.2) is 29.2 Å². The zero-order valence-electron chi connectivity index (χ0n) is 14.1. The summed E-state index contributed by atoms with van der Waals surface area (Å²) in [6, 6.07) is 7.28. The number of aryl methyl sites for hydroxylation is 3. The molecule has 2 rings (SSSR count). The molecule has 0 aliphatic rings. The number of nitrogens with one attached hydrogen (secondary N) is 1. The van der Waals surface area contributed by atoms with Gasteiger partial charge in [0.2, 0.25) is 10.0 Å². The van der Waals surface area contributed by atoms with Gasteiger partial charge in [0.1, 0.15) is 17.3 Å². The minimum absolute atomic E-state index is 0.238. The molecule has 0 fully saturated rings. The van der Waals surface area contributed by atoms with E-state index in [4.69, 9.17) is 4.74 Å². The summed E-state index contributed by atoms with van der Waals surface area (Å²) >= 11 is 0. The third-order valence-corrected chi connectivity index (χ3v) is 5.43. The number of hydrogen-bond donors (Lipinski definition) is 1. The molecular weight excluding hydrogens is 314 g/mol. The molecule has 1 N–H and O–H groups in total. The van der Waals surface area contributed by atoms with Crippen molar-refractivity contribution in [3.8, 4) is 5.75 Å². The van der Waals surface area contributed by atoms with Crippen LogP contribution in [0.25, 0.3) is 0 Å². The van der Waals surface area contributed by atoms with Gasteiger partial charge < -0.3 is 4.74 Å². The fraction of sp³-hybridized carbons (Fsp3) is 0.438. The van der Waals surface area contributed by atoms with Gasteiger partial charge in [0, 0.05) is 7.05 Å². The molecule has 0 amide bonds. The van der Waals surface area contributed by atoms with Gasteiger partial charge in [0.05, 0.1) is 17.4 Å². The first-order chi connectivity index (χ1) is 10.7. The van der Waals surface area contributed by atoms with E-state index in [1.807, 2.05) is 31.2 Å². The number of sulfonamides is 1. The largest absolute Gasteiger partial charge is 0.492 e. The van der Waals surface area contributed by atoms with Gasteiger partial charge in [-0.2, -0.15) is 5.10 Å². The molecule has 2 aromatic rings. The predicted octanol–water partition coefficient (Wildman–Crippen LogP) is 2.09. The van der Waals surface area contributed by atoms with E-state index < -0.39 is 10.0 Å². The second-order valence-electron chi connectivity index (χ2n) is 5.77. The zero-order chi connectivity index (χ0) is 17.2. The average Bonchev–Trinajstić information content (AvgIpc) is 2.71. The zero-order valence-corrected chi connectivity index (χ0v) is 14.9. The summed E-state index contributed by atoms with van der Waals surface area (Å²) in [6.07, 6.45) is 0. The van der Waals surface area contributed by atoms with E-state index in [1.54, 1.807) is 32.5 Å². The fourth-order valence-corrected chi connectivity index (χ4v) is 4.02. The van der Waals surface area contributed by atoms with Gasteiger partial charge in [-0.25, -0.2) is 13.1 Å². The Morgan fingerprint density at radius 2 is 1.83 bits per heavy atom. The Balaban J connectivity index is 2.03. The van der Waals surface area contributed by atoms with Gasteiger partial charge in [-0.1, -0.05) is 17.7 Å². The Labute approximate surface area is 137 Å². The highest BCUT2D eigenvalue weighted by atomic mass is 32.2. The molecule has 1 heterocycles.